The molecule has 0 saturated heterocycles. The first-order valence-corrected chi connectivity index (χ1v) is 15.3. The molecule has 0 aliphatic heterocycles. The van der Waals surface area contributed by atoms with Crippen molar-refractivity contribution < 1.29 is 37.6 Å². The van der Waals surface area contributed by atoms with Crippen LogP contribution in [0.25, 0.3) is 0 Å². The highest BCUT2D eigenvalue weighted by Crippen LogP contribution is 2.69. The maximum atomic E-state index is 11.9. The molecule has 0 aromatic rings. The Morgan fingerprint density at radius 2 is 1.69 bits per heavy atom. The van der Waals surface area contributed by atoms with Gasteiger partial charge in [-0.2, -0.15) is 8.42 Å². The summed E-state index contributed by atoms with van der Waals surface area (Å²) in [5, 5.41) is 44.9. The van der Waals surface area contributed by atoms with E-state index >= 15 is 0 Å². The van der Waals surface area contributed by atoms with E-state index in [1.54, 1.807) is 0 Å². The molecular weight excluding hydrogens is 484 g/mol. The zero-order valence-electron chi connectivity index (χ0n) is 22.5. The van der Waals surface area contributed by atoms with Gasteiger partial charge in [0.15, 0.2) is 0 Å². The van der Waals surface area contributed by atoms with Gasteiger partial charge in [0.1, 0.15) is 6.10 Å². The van der Waals surface area contributed by atoms with Crippen LogP contribution in [0.15, 0.2) is 0 Å². The van der Waals surface area contributed by atoms with Gasteiger partial charge >= 0.3 is 10.4 Å². The van der Waals surface area contributed by atoms with Gasteiger partial charge in [-0.15, -0.1) is 0 Å². The number of rotatable bonds is 7. The highest BCUT2D eigenvalue weighted by atomic mass is 32.3. The normalized spacial score (nSPS) is 49.9. The van der Waals surface area contributed by atoms with Crippen molar-refractivity contribution in [1.82, 2.24) is 0 Å². The number of hydrogen-bond acceptors (Lipinski definition) is 7. The van der Waals surface area contributed by atoms with E-state index in [2.05, 4.69) is 27.7 Å². The van der Waals surface area contributed by atoms with Gasteiger partial charge in [0, 0.05) is 11.8 Å². The summed E-state index contributed by atoms with van der Waals surface area (Å²) in [4.78, 5) is 0. The van der Waals surface area contributed by atoms with Crippen LogP contribution >= 0.6 is 0 Å². The lowest BCUT2D eigenvalue weighted by molar-refractivity contribution is -0.268. The van der Waals surface area contributed by atoms with E-state index in [9.17, 15) is 33.4 Å². The first kappa shape index (κ1) is 28.7. The van der Waals surface area contributed by atoms with Crippen LogP contribution in [-0.2, 0) is 14.6 Å². The Hall–Kier alpha value is -0.290. The van der Waals surface area contributed by atoms with Crippen molar-refractivity contribution in [2.45, 2.75) is 122 Å². The monoisotopic (exact) mass is 532 g/mol. The van der Waals surface area contributed by atoms with Gasteiger partial charge in [-0.05, 0) is 73.0 Å². The molecule has 9 heteroatoms. The Morgan fingerprint density at radius 1 is 1.03 bits per heavy atom. The van der Waals surface area contributed by atoms with E-state index in [0.29, 0.717) is 18.8 Å². The summed E-state index contributed by atoms with van der Waals surface area (Å²) in [6.45, 7) is 10.6. The van der Waals surface area contributed by atoms with Crippen LogP contribution in [-0.4, -0.2) is 63.4 Å². The van der Waals surface area contributed by atoms with Gasteiger partial charge in [0.2, 0.25) is 0 Å². The molecule has 0 aromatic heterocycles. The zero-order chi connectivity index (χ0) is 26.8. The molecule has 0 aromatic carbocycles. The smallest absolute Gasteiger partial charge is 0.393 e. The van der Waals surface area contributed by atoms with Crippen molar-refractivity contribution in [1.29, 1.82) is 0 Å². The summed E-state index contributed by atoms with van der Waals surface area (Å²) in [5.41, 5.74) is -2.44. The van der Waals surface area contributed by atoms with Crippen LogP contribution in [0.5, 0.6) is 0 Å². The van der Waals surface area contributed by atoms with Crippen LogP contribution in [0.4, 0.5) is 0 Å². The van der Waals surface area contributed by atoms with Crippen molar-refractivity contribution in [3.8, 4) is 0 Å². The van der Waals surface area contributed by atoms with Crippen LogP contribution in [0.2, 0.25) is 0 Å². The van der Waals surface area contributed by atoms with Crippen molar-refractivity contribution in [3.05, 3.63) is 0 Å². The molecule has 0 heterocycles. The van der Waals surface area contributed by atoms with Gasteiger partial charge in [0.05, 0.1) is 23.9 Å². The minimum Gasteiger partial charge on any atom is -0.393 e. The Bertz CT molecular complexity index is 909. The highest BCUT2D eigenvalue weighted by molar-refractivity contribution is 7.80. The quantitative estimate of drug-likeness (QED) is 0.314. The van der Waals surface area contributed by atoms with Crippen molar-refractivity contribution in [2.75, 3.05) is 0 Å². The van der Waals surface area contributed by atoms with Crippen molar-refractivity contribution >= 4 is 10.4 Å². The van der Waals surface area contributed by atoms with Crippen LogP contribution < -0.4 is 0 Å². The Kier molecular flexibility index (Phi) is 7.75. The maximum Gasteiger partial charge on any atom is 0.397 e. The second-order valence-electron chi connectivity index (χ2n) is 13.6. The number of fused-ring (bicyclic) bond motifs is 5. The largest absolute Gasteiger partial charge is 0.397 e. The standard InChI is InChI=1S/C27H48O8S/c1-15(2)7-6-8-16(3)21-24(35-36(32,33)34)23(30)22-18-13-20(29)27(31)14-17(28)9-12-26(27,5)19(18)10-11-25(21,22)4/h15-24,28-31H,6-14H2,1-5H3,(H,32,33,34)/t16-,17+,18-,19-,20-,21+,22+,23-,24-,25-,26-,27+/m1/s1. The molecule has 5 N–H and O–H groups in total. The lowest BCUT2D eigenvalue weighted by Crippen LogP contribution is -2.69. The van der Waals surface area contributed by atoms with E-state index in [-0.39, 0.29) is 42.4 Å². The number of aliphatic hydroxyl groups is 4. The molecule has 12 atom stereocenters. The molecular formula is C27H48O8S. The molecule has 4 saturated carbocycles. The average molecular weight is 533 g/mol. The summed E-state index contributed by atoms with van der Waals surface area (Å²) >= 11 is 0. The van der Waals surface area contributed by atoms with E-state index in [4.69, 9.17) is 4.18 Å². The predicted octanol–water partition coefficient (Wildman–Crippen LogP) is 3.32. The molecule has 210 valence electrons. The molecule has 4 aliphatic rings. The molecule has 4 aliphatic carbocycles. The second-order valence-corrected chi connectivity index (χ2v) is 14.7. The van der Waals surface area contributed by atoms with Crippen molar-refractivity contribution in [3.63, 3.8) is 0 Å². The summed E-state index contributed by atoms with van der Waals surface area (Å²) in [5.74, 6) is -0.0770. The number of hydrogen-bond donors (Lipinski definition) is 5. The van der Waals surface area contributed by atoms with Gasteiger partial charge in [-0.3, -0.25) is 4.55 Å². The zero-order valence-corrected chi connectivity index (χ0v) is 23.3. The third kappa shape index (κ3) is 4.58. The molecule has 4 fully saturated rings. The van der Waals surface area contributed by atoms with Gasteiger partial charge in [-0.25, -0.2) is 4.18 Å². The molecule has 0 radical (unpaired) electrons. The highest BCUT2D eigenvalue weighted by Gasteiger charge is 2.71. The van der Waals surface area contributed by atoms with Gasteiger partial charge in [-0.1, -0.05) is 53.9 Å². The SMILES string of the molecule is CC(C)CCC[C@@H](C)[C@H]1[C@@H](OS(=O)(=O)O)[C@H](O)[C@@H]2[C@@H]3C[C@@H](O)[C@@]4(O)C[C@@H](O)CC[C@]4(C)[C@@H]3CC[C@@]21C. The first-order chi connectivity index (χ1) is 16.5. The summed E-state index contributed by atoms with van der Waals surface area (Å²) in [7, 11) is -4.77. The fourth-order valence-electron chi connectivity index (χ4n) is 9.62. The van der Waals surface area contributed by atoms with E-state index in [1.807, 2.05) is 6.92 Å². The van der Waals surface area contributed by atoms with E-state index in [0.717, 1.165) is 32.1 Å². The predicted molar refractivity (Wildman–Crippen MR) is 135 cm³/mol. The third-order valence-electron chi connectivity index (χ3n) is 11.2. The average Bonchev–Trinajstić information content (AvgIpc) is 2.95. The maximum absolute atomic E-state index is 11.9. The molecule has 0 unspecified atom stereocenters. The van der Waals surface area contributed by atoms with Crippen LogP contribution in [0, 0.1) is 46.3 Å². The lowest BCUT2D eigenvalue weighted by atomic mass is 9.42. The summed E-state index contributed by atoms with van der Waals surface area (Å²) in [6, 6.07) is 0. The Labute approximate surface area is 216 Å². The molecule has 0 amide bonds. The third-order valence-corrected chi connectivity index (χ3v) is 11.7. The molecule has 36 heavy (non-hydrogen) atoms. The van der Waals surface area contributed by atoms with Gasteiger partial charge < -0.3 is 20.4 Å². The molecule has 8 nitrogen and oxygen atoms in total. The topological polar surface area (TPSA) is 145 Å². The van der Waals surface area contributed by atoms with Crippen molar-refractivity contribution in [2.24, 2.45) is 46.3 Å². The fourth-order valence-corrected chi connectivity index (χ4v) is 10.1. The Balaban J connectivity index is 1.70. The Morgan fingerprint density at radius 3 is 2.31 bits per heavy atom. The molecule has 4 rings (SSSR count). The summed E-state index contributed by atoms with van der Waals surface area (Å²) < 4.78 is 38.6. The van der Waals surface area contributed by atoms with Crippen LogP contribution in [0.1, 0.15) is 92.4 Å². The minimum absolute atomic E-state index is 0.0208. The summed E-state index contributed by atoms with van der Waals surface area (Å²) in [6.07, 6.45) is 2.16. The van der Waals surface area contributed by atoms with Gasteiger partial charge in [0.25, 0.3) is 0 Å². The first-order valence-electron chi connectivity index (χ1n) is 14.0. The van der Waals surface area contributed by atoms with E-state index in [1.165, 1.54) is 0 Å². The fraction of sp³-hybridized carbons (Fsp3) is 1.00. The second kappa shape index (κ2) is 9.72. The minimum atomic E-state index is -4.77. The number of aliphatic hydroxyl groups excluding tert-OH is 3. The van der Waals surface area contributed by atoms with E-state index < -0.39 is 51.2 Å². The molecule has 0 spiro atoms. The van der Waals surface area contributed by atoms with Crippen LogP contribution in [0.3, 0.4) is 0 Å². The molecule has 0 bridgehead atoms. The lowest BCUT2D eigenvalue weighted by Gasteiger charge is -2.65.